The maximum atomic E-state index is 9.82. The Hall–Kier alpha value is -0.200. The number of aliphatic hydroxyl groups is 1. The fourth-order valence-corrected chi connectivity index (χ4v) is 2.68. The molecule has 0 bridgehead atoms. The van der Waals surface area contributed by atoms with Crippen LogP contribution < -0.4 is 5.32 Å². The van der Waals surface area contributed by atoms with Crippen LogP contribution in [0.3, 0.4) is 0 Å². The topological polar surface area (TPSA) is 54.0 Å². The molecule has 1 fully saturated rings. The lowest BCUT2D eigenvalue weighted by atomic mass is 9.93. The summed E-state index contributed by atoms with van der Waals surface area (Å²) in [6.07, 6.45) is 2.41. The van der Waals surface area contributed by atoms with Crippen molar-refractivity contribution >= 4 is 0 Å². The van der Waals surface area contributed by atoms with Crippen molar-refractivity contribution in [1.82, 2.24) is 10.2 Å². The molecule has 1 rings (SSSR count). The van der Waals surface area contributed by atoms with Crippen molar-refractivity contribution in [2.45, 2.75) is 31.3 Å². The maximum absolute atomic E-state index is 9.82. The predicted molar refractivity (Wildman–Crippen MR) is 76.4 cm³/mol. The summed E-state index contributed by atoms with van der Waals surface area (Å²) in [5.74, 6) is 0.585. The van der Waals surface area contributed by atoms with Crippen LogP contribution in [0.1, 0.15) is 19.8 Å². The van der Waals surface area contributed by atoms with Crippen LogP contribution in [-0.4, -0.2) is 75.8 Å². The van der Waals surface area contributed by atoms with Crippen molar-refractivity contribution < 1.29 is 14.6 Å². The lowest BCUT2D eigenvalue weighted by Crippen LogP contribution is -2.59. The zero-order valence-electron chi connectivity index (χ0n) is 12.8. The molecule has 0 aromatic carbocycles. The normalized spacial score (nSPS) is 20.5. The average Bonchev–Trinajstić information content (AvgIpc) is 3.25. The molecular weight excluding hydrogens is 244 g/mol. The van der Waals surface area contributed by atoms with E-state index < -0.39 is 0 Å². The minimum atomic E-state index is -0.185. The molecule has 0 radical (unpaired) electrons. The second-order valence-corrected chi connectivity index (χ2v) is 5.61. The number of likely N-dealkylation sites (N-methyl/N-ethyl adjacent to an activating group) is 1. The Labute approximate surface area is 117 Å². The quantitative estimate of drug-likeness (QED) is 0.569. The first-order valence-corrected chi connectivity index (χ1v) is 7.15. The molecule has 1 aliphatic rings. The van der Waals surface area contributed by atoms with Crippen LogP contribution in [0.2, 0.25) is 0 Å². The first kappa shape index (κ1) is 16.9. The number of nitrogens with zero attached hydrogens (tertiary/aromatic N) is 1. The number of methoxy groups -OCH3 is 2. The molecule has 0 heterocycles. The summed E-state index contributed by atoms with van der Waals surface area (Å²) < 4.78 is 10.5. The zero-order valence-corrected chi connectivity index (χ0v) is 12.8. The van der Waals surface area contributed by atoms with Gasteiger partial charge in [0.15, 0.2) is 0 Å². The molecule has 114 valence electrons. The Morgan fingerprint density at radius 1 is 1.37 bits per heavy atom. The molecule has 1 aliphatic carbocycles. The van der Waals surface area contributed by atoms with Crippen molar-refractivity contribution in [3.05, 3.63) is 0 Å². The molecule has 0 aliphatic heterocycles. The SMILES string of the molecule is CNC(CO)(CN(CCOC)C(C)COC)C1CC1. The maximum Gasteiger partial charge on any atom is 0.0628 e. The summed E-state index contributed by atoms with van der Waals surface area (Å²) in [6, 6.07) is 0.318. The molecule has 19 heavy (non-hydrogen) atoms. The van der Waals surface area contributed by atoms with Gasteiger partial charge in [-0.2, -0.15) is 0 Å². The molecule has 2 unspecified atom stereocenters. The van der Waals surface area contributed by atoms with Gasteiger partial charge in [-0.25, -0.2) is 0 Å². The summed E-state index contributed by atoms with van der Waals surface area (Å²) in [5.41, 5.74) is -0.185. The molecule has 2 N–H and O–H groups in total. The van der Waals surface area contributed by atoms with Crippen LogP contribution in [0.25, 0.3) is 0 Å². The Balaban J connectivity index is 2.66. The van der Waals surface area contributed by atoms with E-state index in [0.717, 1.165) is 13.1 Å². The number of aliphatic hydroxyl groups excluding tert-OH is 1. The highest BCUT2D eigenvalue weighted by Crippen LogP contribution is 2.40. The largest absolute Gasteiger partial charge is 0.394 e. The fraction of sp³-hybridized carbons (Fsp3) is 1.00. The number of rotatable bonds is 11. The average molecular weight is 274 g/mol. The van der Waals surface area contributed by atoms with Crippen molar-refractivity contribution in [1.29, 1.82) is 0 Å². The van der Waals surface area contributed by atoms with Crippen molar-refractivity contribution in [3.8, 4) is 0 Å². The van der Waals surface area contributed by atoms with Crippen LogP contribution in [0.15, 0.2) is 0 Å². The minimum Gasteiger partial charge on any atom is -0.394 e. The first-order valence-electron chi connectivity index (χ1n) is 7.15. The Morgan fingerprint density at radius 2 is 2.05 bits per heavy atom. The van der Waals surface area contributed by atoms with E-state index in [0.29, 0.717) is 25.2 Å². The number of nitrogens with one attached hydrogen (secondary N) is 1. The molecule has 0 saturated heterocycles. The molecule has 1 saturated carbocycles. The van der Waals surface area contributed by atoms with Crippen LogP contribution >= 0.6 is 0 Å². The summed E-state index contributed by atoms with van der Waals surface area (Å²) in [5, 5.41) is 13.2. The lowest BCUT2D eigenvalue weighted by molar-refractivity contribution is 0.0335. The summed E-state index contributed by atoms with van der Waals surface area (Å²) in [4.78, 5) is 2.35. The third kappa shape index (κ3) is 4.68. The number of hydrogen-bond acceptors (Lipinski definition) is 5. The third-order valence-electron chi connectivity index (χ3n) is 4.24. The first-order chi connectivity index (χ1) is 9.13. The van der Waals surface area contributed by atoms with Gasteiger partial charge in [0.25, 0.3) is 0 Å². The highest BCUT2D eigenvalue weighted by atomic mass is 16.5. The van der Waals surface area contributed by atoms with E-state index in [1.54, 1.807) is 14.2 Å². The van der Waals surface area contributed by atoms with Gasteiger partial charge in [0.2, 0.25) is 0 Å². The van der Waals surface area contributed by atoms with Gasteiger partial charge >= 0.3 is 0 Å². The van der Waals surface area contributed by atoms with E-state index >= 15 is 0 Å². The van der Waals surface area contributed by atoms with Crippen LogP contribution in [0.5, 0.6) is 0 Å². The van der Waals surface area contributed by atoms with E-state index in [-0.39, 0.29) is 12.1 Å². The van der Waals surface area contributed by atoms with Crippen molar-refractivity contribution in [3.63, 3.8) is 0 Å². The molecule has 0 amide bonds. The smallest absolute Gasteiger partial charge is 0.0628 e. The van der Waals surface area contributed by atoms with Gasteiger partial charge in [0, 0.05) is 33.4 Å². The van der Waals surface area contributed by atoms with E-state index in [4.69, 9.17) is 9.47 Å². The predicted octanol–water partition coefficient (Wildman–Crippen LogP) is 0.330. The molecule has 0 spiro atoms. The summed E-state index contributed by atoms with van der Waals surface area (Å²) >= 11 is 0. The second kappa shape index (κ2) is 8.17. The van der Waals surface area contributed by atoms with Gasteiger partial charge in [-0.1, -0.05) is 0 Å². The van der Waals surface area contributed by atoms with Crippen molar-refractivity contribution in [2.75, 3.05) is 54.2 Å². The van der Waals surface area contributed by atoms with E-state index in [9.17, 15) is 5.11 Å². The number of ether oxygens (including phenoxy) is 2. The monoisotopic (exact) mass is 274 g/mol. The van der Waals surface area contributed by atoms with E-state index in [2.05, 4.69) is 17.1 Å². The molecule has 5 nitrogen and oxygen atoms in total. The van der Waals surface area contributed by atoms with Gasteiger partial charge in [0.1, 0.15) is 0 Å². The summed E-state index contributed by atoms with van der Waals surface area (Å²) in [6.45, 7) is 5.42. The Kier molecular flexibility index (Phi) is 7.25. The van der Waals surface area contributed by atoms with E-state index in [1.807, 2.05) is 7.05 Å². The van der Waals surface area contributed by atoms with Crippen LogP contribution in [-0.2, 0) is 9.47 Å². The van der Waals surface area contributed by atoms with Gasteiger partial charge < -0.3 is 19.9 Å². The van der Waals surface area contributed by atoms with Crippen LogP contribution in [0, 0.1) is 5.92 Å². The molecule has 2 atom stereocenters. The Bertz CT molecular complexity index is 243. The molecular formula is C14H30N2O3. The van der Waals surface area contributed by atoms with Gasteiger partial charge in [-0.15, -0.1) is 0 Å². The van der Waals surface area contributed by atoms with Gasteiger partial charge in [-0.05, 0) is 32.7 Å². The standard InChI is InChI=1S/C14H30N2O3/c1-12(9-19-4)16(7-8-18-3)10-14(11-17,15-2)13-5-6-13/h12-13,15,17H,5-11H2,1-4H3. The van der Waals surface area contributed by atoms with Gasteiger partial charge in [0.05, 0.1) is 25.4 Å². The molecule has 5 heteroatoms. The zero-order chi connectivity index (χ0) is 14.3. The highest BCUT2D eigenvalue weighted by molar-refractivity contribution is 5.02. The van der Waals surface area contributed by atoms with Crippen molar-refractivity contribution in [2.24, 2.45) is 5.92 Å². The number of hydrogen-bond donors (Lipinski definition) is 2. The Morgan fingerprint density at radius 3 is 2.47 bits per heavy atom. The summed E-state index contributed by atoms with van der Waals surface area (Å²) in [7, 11) is 5.39. The third-order valence-corrected chi connectivity index (χ3v) is 4.24. The molecule has 0 aromatic rings. The lowest BCUT2D eigenvalue weighted by Gasteiger charge is -2.40. The minimum absolute atomic E-state index is 0.178. The van der Waals surface area contributed by atoms with Crippen LogP contribution in [0.4, 0.5) is 0 Å². The van der Waals surface area contributed by atoms with Gasteiger partial charge in [-0.3, -0.25) is 4.90 Å². The fourth-order valence-electron chi connectivity index (χ4n) is 2.68. The molecule has 0 aromatic heterocycles. The highest BCUT2D eigenvalue weighted by Gasteiger charge is 2.45. The van der Waals surface area contributed by atoms with E-state index in [1.165, 1.54) is 12.8 Å². The second-order valence-electron chi connectivity index (χ2n) is 5.61.